The van der Waals surface area contributed by atoms with Gasteiger partial charge in [-0.05, 0) is 38.7 Å². The quantitative estimate of drug-likeness (QED) is 0.800. The van der Waals surface area contributed by atoms with E-state index in [1.54, 1.807) is 6.20 Å². The maximum absolute atomic E-state index is 10.3. The molecule has 2 atom stereocenters. The molecule has 2 rings (SSSR count). The highest BCUT2D eigenvalue weighted by atomic mass is 16.5. The van der Waals surface area contributed by atoms with Crippen LogP contribution in [0.25, 0.3) is 0 Å². The van der Waals surface area contributed by atoms with Crippen LogP contribution in [0.15, 0.2) is 12.3 Å². The fourth-order valence-corrected chi connectivity index (χ4v) is 2.13. The van der Waals surface area contributed by atoms with E-state index in [0.29, 0.717) is 12.5 Å². The molecule has 16 heavy (non-hydrogen) atoms. The van der Waals surface area contributed by atoms with E-state index in [4.69, 9.17) is 4.74 Å². The number of hydrogen-bond acceptors (Lipinski definition) is 3. The molecule has 1 aromatic heterocycles. The lowest BCUT2D eigenvalue weighted by molar-refractivity contribution is -0.0495. The van der Waals surface area contributed by atoms with Crippen LogP contribution in [-0.4, -0.2) is 27.6 Å². The average molecular weight is 224 g/mol. The van der Waals surface area contributed by atoms with E-state index in [-0.39, 0.29) is 6.10 Å². The van der Waals surface area contributed by atoms with Crippen molar-refractivity contribution in [1.29, 1.82) is 0 Å². The van der Waals surface area contributed by atoms with Gasteiger partial charge in [0.1, 0.15) is 6.10 Å². The van der Waals surface area contributed by atoms with Crippen LogP contribution >= 0.6 is 0 Å². The van der Waals surface area contributed by atoms with Crippen LogP contribution in [0, 0.1) is 5.92 Å². The molecule has 90 valence electrons. The number of aryl methyl sites for hydroxylation is 1. The number of nitrogens with zero attached hydrogens (tertiary/aromatic N) is 2. The fraction of sp³-hybridized carbons (Fsp3) is 0.750. The highest BCUT2D eigenvalue weighted by molar-refractivity contribution is 5.08. The fourth-order valence-electron chi connectivity index (χ4n) is 2.13. The number of aliphatic hydroxyl groups excluding tert-OH is 1. The molecule has 1 heterocycles. The first kappa shape index (κ1) is 11.6. The second kappa shape index (κ2) is 4.97. The normalized spacial score (nSPS) is 19.7. The van der Waals surface area contributed by atoms with Crippen LogP contribution in [0.4, 0.5) is 0 Å². The van der Waals surface area contributed by atoms with Crippen LogP contribution in [0.3, 0.4) is 0 Å². The van der Waals surface area contributed by atoms with Crippen molar-refractivity contribution >= 4 is 0 Å². The van der Waals surface area contributed by atoms with E-state index >= 15 is 0 Å². The minimum atomic E-state index is -0.546. The van der Waals surface area contributed by atoms with Gasteiger partial charge < -0.3 is 9.84 Å². The van der Waals surface area contributed by atoms with Crippen LogP contribution in [0.5, 0.6) is 0 Å². The summed E-state index contributed by atoms with van der Waals surface area (Å²) in [5, 5.41) is 14.5. The molecule has 1 aliphatic carbocycles. The van der Waals surface area contributed by atoms with Gasteiger partial charge in [-0.1, -0.05) is 0 Å². The summed E-state index contributed by atoms with van der Waals surface area (Å²) >= 11 is 0. The van der Waals surface area contributed by atoms with Crippen molar-refractivity contribution in [2.24, 2.45) is 5.92 Å². The smallest absolute Gasteiger partial charge is 0.122 e. The summed E-state index contributed by atoms with van der Waals surface area (Å²) in [7, 11) is 0. The Balaban J connectivity index is 2.11. The third-order valence-corrected chi connectivity index (χ3v) is 3.11. The number of aliphatic hydroxyl groups is 1. The summed E-state index contributed by atoms with van der Waals surface area (Å²) < 4.78 is 7.49. The highest BCUT2D eigenvalue weighted by Crippen LogP contribution is 2.39. The third kappa shape index (κ3) is 2.28. The zero-order valence-electron chi connectivity index (χ0n) is 9.97. The van der Waals surface area contributed by atoms with Gasteiger partial charge in [0.05, 0.1) is 11.8 Å². The second-order valence-electron chi connectivity index (χ2n) is 4.27. The van der Waals surface area contributed by atoms with Gasteiger partial charge in [0.15, 0.2) is 0 Å². The molecular weight excluding hydrogens is 204 g/mol. The first-order valence-corrected chi connectivity index (χ1v) is 6.09. The maximum Gasteiger partial charge on any atom is 0.122 e. The maximum atomic E-state index is 10.3. The Labute approximate surface area is 96.2 Å². The Hall–Kier alpha value is -0.870. The summed E-state index contributed by atoms with van der Waals surface area (Å²) in [5.41, 5.74) is 0.868. The third-order valence-electron chi connectivity index (χ3n) is 3.11. The molecule has 2 unspecified atom stereocenters. The predicted octanol–water partition coefficient (Wildman–Crippen LogP) is 1.75. The predicted molar refractivity (Wildman–Crippen MR) is 61.0 cm³/mol. The minimum Gasteiger partial charge on any atom is -0.384 e. The van der Waals surface area contributed by atoms with Gasteiger partial charge in [-0.3, -0.25) is 4.68 Å². The molecule has 4 heteroatoms. The van der Waals surface area contributed by atoms with E-state index in [2.05, 4.69) is 5.10 Å². The van der Waals surface area contributed by atoms with Crippen molar-refractivity contribution in [2.45, 2.75) is 45.4 Å². The topological polar surface area (TPSA) is 47.3 Å². The number of hydrogen-bond donors (Lipinski definition) is 1. The number of aromatic nitrogens is 2. The summed E-state index contributed by atoms with van der Waals surface area (Å²) in [5.74, 6) is 0.523. The van der Waals surface area contributed by atoms with Crippen molar-refractivity contribution in [3.8, 4) is 0 Å². The molecule has 1 saturated carbocycles. The Morgan fingerprint density at radius 3 is 2.88 bits per heavy atom. The summed E-state index contributed by atoms with van der Waals surface area (Å²) in [6.07, 6.45) is 3.46. The number of rotatable bonds is 6. The molecule has 0 amide bonds. The van der Waals surface area contributed by atoms with Gasteiger partial charge in [0.25, 0.3) is 0 Å². The van der Waals surface area contributed by atoms with Crippen molar-refractivity contribution in [2.75, 3.05) is 6.61 Å². The molecule has 1 aromatic rings. The first-order valence-electron chi connectivity index (χ1n) is 6.09. The molecule has 0 aliphatic heterocycles. The average Bonchev–Trinajstić information content (AvgIpc) is 3.01. The first-order chi connectivity index (χ1) is 7.77. The van der Waals surface area contributed by atoms with Gasteiger partial charge >= 0.3 is 0 Å². The van der Waals surface area contributed by atoms with E-state index in [9.17, 15) is 5.11 Å². The van der Waals surface area contributed by atoms with Gasteiger partial charge in [-0.2, -0.15) is 5.10 Å². The van der Waals surface area contributed by atoms with Crippen molar-refractivity contribution in [3.05, 3.63) is 18.0 Å². The molecule has 1 fully saturated rings. The van der Waals surface area contributed by atoms with Gasteiger partial charge in [-0.15, -0.1) is 0 Å². The molecule has 1 aliphatic rings. The second-order valence-corrected chi connectivity index (χ2v) is 4.27. The Morgan fingerprint density at radius 1 is 1.56 bits per heavy atom. The van der Waals surface area contributed by atoms with E-state index in [0.717, 1.165) is 12.2 Å². The Morgan fingerprint density at radius 2 is 2.31 bits per heavy atom. The molecule has 0 aromatic carbocycles. The SMILES string of the molecule is CCOC(C1CC1)C(O)c1ccnn1CC. The minimum absolute atomic E-state index is 0.0630. The van der Waals surface area contributed by atoms with Crippen molar-refractivity contribution in [3.63, 3.8) is 0 Å². The van der Waals surface area contributed by atoms with Crippen LogP contribution < -0.4 is 0 Å². The summed E-state index contributed by atoms with van der Waals surface area (Å²) in [4.78, 5) is 0. The molecule has 0 saturated heterocycles. The highest BCUT2D eigenvalue weighted by Gasteiger charge is 2.38. The molecule has 0 radical (unpaired) electrons. The largest absolute Gasteiger partial charge is 0.384 e. The van der Waals surface area contributed by atoms with Crippen molar-refractivity contribution in [1.82, 2.24) is 9.78 Å². The molecule has 1 N–H and O–H groups in total. The molecular formula is C12H20N2O2. The zero-order valence-corrected chi connectivity index (χ0v) is 9.97. The summed E-state index contributed by atoms with van der Waals surface area (Å²) in [6.45, 7) is 5.43. The van der Waals surface area contributed by atoms with E-state index in [1.807, 2.05) is 24.6 Å². The monoisotopic (exact) mass is 224 g/mol. The van der Waals surface area contributed by atoms with Crippen LogP contribution in [-0.2, 0) is 11.3 Å². The lowest BCUT2D eigenvalue weighted by Gasteiger charge is -2.23. The lowest BCUT2D eigenvalue weighted by atomic mass is 10.1. The molecule has 0 spiro atoms. The van der Waals surface area contributed by atoms with Crippen LogP contribution in [0.2, 0.25) is 0 Å². The van der Waals surface area contributed by atoms with E-state index < -0.39 is 6.10 Å². The van der Waals surface area contributed by atoms with Gasteiger partial charge in [0, 0.05) is 19.3 Å². The van der Waals surface area contributed by atoms with E-state index in [1.165, 1.54) is 12.8 Å². The number of ether oxygens (including phenoxy) is 1. The zero-order chi connectivity index (χ0) is 11.5. The Kier molecular flexibility index (Phi) is 3.61. The van der Waals surface area contributed by atoms with Gasteiger partial charge in [-0.25, -0.2) is 0 Å². The standard InChI is InChI=1S/C12H20N2O2/c1-3-14-10(7-8-13-14)11(15)12(16-4-2)9-5-6-9/h7-9,11-12,15H,3-6H2,1-2H3. The molecule has 4 nitrogen and oxygen atoms in total. The molecule has 0 bridgehead atoms. The van der Waals surface area contributed by atoms with Crippen molar-refractivity contribution < 1.29 is 9.84 Å². The van der Waals surface area contributed by atoms with Crippen LogP contribution in [0.1, 0.15) is 38.5 Å². The summed E-state index contributed by atoms with van der Waals surface area (Å²) in [6, 6.07) is 1.88. The Bertz CT molecular complexity index is 334. The van der Waals surface area contributed by atoms with Gasteiger partial charge in [0.2, 0.25) is 0 Å². The lowest BCUT2D eigenvalue weighted by Crippen LogP contribution is -2.26.